The summed E-state index contributed by atoms with van der Waals surface area (Å²) in [7, 11) is 0. The third-order valence-corrected chi connectivity index (χ3v) is 5.32. The molecule has 3 heterocycles. The maximum Gasteiger partial charge on any atom is 0.222 e. The van der Waals surface area contributed by atoms with Gasteiger partial charge in [0, 0.05) is 40.4 Å². The standard InChI is InChI=1S/C18H17NO2S2/c1-2-17(20)19-11-13(9-15-5-3-7-22-15)18(21)14(12-19)10-16-6-4-8-23-16/h3-10H,2,11-12H2,1H3/b13-9+,14-10+. The van der Waals surface area contributed by atoms with Crippen LogP contribution in [-0.4, -0.2) is 29.7 Å². The summed E-state index contributed by atoms with van der Waals surface area (Å²) in [6.07, 6.45) is 4.27. The quantitative estimate of drug-likeness (QED) is 0.787. The van der Waals surface area contributed by atoms with Crippen molar-refractivity contribution in [1.82, 2.24) is 4.90 Å². The first-order valence-electron chi connectivity index (χ1n) is 7.48. The van der Waals surface area contributed by atoms with Crippen molar-refractivity contribution in [3.8, 4) is 0 Å². The number of piperidine rings is 1. The van der Waals surface area contributed by atoms with Crippen LogP contribution in [0.4, 0.5) is 0 Å². The van der Waals surface area contributed by atoms with Crippen LogP contribution in [0, 0.1) is 0 Å². The number of carbonyl (C=O) groups is 2. The zero-order valence-corrected chi connectivity index (χ0v) is 14.5. The lowest BCUT2D eigenvalue weighted by Gasteiger charge is -2.29. The Labute approximate surface area is 143 Å². The zero-order chi connectivity index (χ0) is 16.2. The lowest BCUT2D eigenvalue weighted by Crippen LogP contribution is -2.41. The van der Waals surface area contributed by atoms with E-state index < -0.39 is 0 Å². The molecule has 5 heteroatoms. The summed E-state index contributed by atoms with van der Waals surface area (Å²) in [5, 5.41) is 3.97. The smallest absolute Gasteiger partial charge is 0.222 e. The highest BCUT2D eigenvalue weighted by Gasteiger charge is 2.28. The summed E-state index contributed by atoms with van der Waals surface area (Å²) < 4.78 is 0. The van der Waals surface area contributed by atoms with Gasteiger partial charge in [0.1, 0.15) is 0 Å². The molecule has 0 bridgehead atoms. The lowest BCUT2D eigenvalue weighted by molar-refractivity contribution is -0.131. The Morgan fingerprint density at radius 2 is 1.61 bits per heavy atom. The molecule has 0 spiro atoms. The van der Waals surface area contributed by atoms with Crippen molar-refractivity contribution >= 4 is 46.5 Å². The van der Waals surface area contributed by atoms with E-state index >= 15 is 0 Å². The molecule has 1 fully saturated rings. The molecule has 2 aromatic heterocycles. The lowest BCUT2D eigenvalue weighted by atomic mass is 9.96. The number of amides is 1. The normalized spacial score (nSPS) is 18.8. The second-order valence-corrected chi connectivity index (χ2v) is 7.26. The predicted octanol–water partition coefficient (Wildman–Crippen LogP) is 4.10. The van der Waals surface area contributed by atoms with Gasteiger partial charge in [-0.15, -0.1) is 22.7 Å². The molecule has 0 unspecified atom stereocenters. The molecule has 0 aromatic carbocycles. The van der Waals surface area contributed by atoms with Crippen LogP contribution in [0.2, 0.25) is 0 Å². The van der Waals surface area contributed by atoms with Gasteiger partial charge in [0.15, 0.2) is 5.78 Å². The average molecular weight is 343 g/mol. The number of nitrogens with zero attached hydrogens (tertiary/aromatic N) is 1. The van der Waals surface area contributed by atoms with Crippen LogP contribution in [0.15, 0.2) is 46.2 Å². The Kier molecular flexibility index (Phi) is 4.88. The highest BCUT2D eigenvalue weighted by molar-refractivity contribution is 7.11. The van der Waals surface area contributed by atoms with Gasteiger partial charge in [-0.2, -0.15) is 0 Å². The zero-order valence-electron chi connectivity index (χ0n) is 12.8. The largest absolute Gasteiger partial charge is 0.334 e. The fourth-order valence-electron chi connectivity index (χ4n) is 2.53. The van der Waals surface area contributed by atoms with Crippen LogP contribution in [0.25, 0.3) is 12.2 Å². The number of hydrogen-bond donors (Lipinski definition) is 0. The molecule has 0 saturated carbocycles. The number of hydrogen-bond acceptors (Lipinski definition) is 4. The van der Waals surface area contributed by atoms with Crippen molar-refractivity contribution in [3.63, 3.8) is 0 Å². The minimum Gasteiger partial charge on any atom is -0.334 e. The average Bonchev–Trinajstić information content (AvgIpc) is 3.24. The molecule has 0 aliphatic carbocycles. The van der Waals surface area contributed by atoms with Gasteiger partial charge in [-0.3, -0.25) is 9.59 Å². The van der Waals surface area contributed by atoms with Gasteiger partial charge in [0.25, 0.3) is 0 Å². The molecular formula is C18H17NO2S2. The fraction of sp³-hybridized carbons (Fsp3) is 0.222. The van der Waals surface area contributed by atoms with Gasteiger partial charge in [-0.1, -0.05) is 19.1 Å². The van der Waals surface area contributed by atoms with E-state index in [1.165, 1.54) is 0 Å². The fourth-order valence-corrected chi connectivity index (χ4v) is 3.89. The second kappa shape index (κ2) is 7.06. The number of ketones is 1. The van der Waals surface area contributed by atoms with Crippen molar-refractivity contribution in [2.75, 3.05) is 13.1 Å². The first-order chi connectivity index (χ1) is 11.2. The molecule has 3 nitrogen and oxygen atoms in total. The summed E-state index contributed by atoms with van der Waals surface area (Å²) in [6.45, 7) is 2.64. The number of likely N-dealkylation sites (tertiary alicyclic amines) is 1. The van der Waals surface area contributed by atoms with Crippen molar-refractivity contribution in [1.29, 1.82) is 0 Å². The molecule has 1 saturated heterocycles. The Bertz CT molecular complexity index is 699. The summed E-state index contributed by atoms with van der Waals surface area (Å²) in [5.41, 5.74) is 1.37. The topological polar surface area (TPSA) is 37.4 Å². The molecular weight excluding hydrogens is 326 g/mol. The van der Waals surface area contributed by atoms with E-state index in [2.05, 4.69) is 0 Å². The predicted molar refractivity (Wildman–Crippen MR) is 96.5 cm³/mol. The molecule has 23 heavy (non-hydrogen) atoms. The van der Waals surface area contributed by atoms with Gasteiger partial charge >= 0.3 is 0 Å². The highest BCUT2D eigenvalue weighted by atomic mass is 32.1. The van der Waals surface area contributed by atoms with Gasteiger partial charge in [0.2, 0.25) is 5.91 Å². The third kappa shape index (κ3) is 3.68. The summed E-state index contributed by atoms with van der Waals surface area (Å²) in [6, 6.07) is 7.88. The summed E-state index contributed by atoms with van der Waals surface area (Å²) in [5.74, 6) is 0.124. The van der Waals surface area contributed by atoms with E-state index in [0.717, 1.165) is 9.75 Å². The molecule has 0 N–H and O–H groups in total. The van der Waals surface area contributed by atoms with E-state index in [9.17, 15) is 9.59 Å². The maximum absolute atomic E-state index is 12.8. The number of thiophene rings is 2. The Morgan fingerprint density at radius 1 is 1.09 bits per heavy atom. The van der Waals surface area contributed by atoms with E-state index in [4.69, 9.17) is 0 Å². The van der Waals surface area contributed by atoms with Crippen LogP contribution < -0.4 is 0 Å². The van der Waals surface area contributed by atoms with Crippen LogP contribution in [0.3, 0.4) is 0 Å². The molecule has 2 aromatic rings. The van der Waals surface area contributed by atoms with E-state index in [1.807, 2.05) is 54.1 Å². The number of rotatable bonds is 3. The minimum atomic E-state index is 0.0481. The Balaban J connectivity index is 1.96. The molecule has 3 rings (SSSR count). The molecule has 1 amide bonds. The number of carbonyl (C=O) groups excluding carboxylic acids is 2. The summed E-state index contributed by atoms with van der Waals surface area (Å²) in [4.78, 5) is 28.7. The van der Waals surface area contributed by atoms with Gasteiger partial charge in [-0.25, -0.2) is 0 Å². The summed E-state index contributed by atoms with van der Waals surface area (Å²) >= 11 is 3.18. The highest BCUT2D eigenvalue weighted by Crippen LogP contribution is 2.24. The van der Waals surface area contributed by atoms with Crippen molar-refractivity contribution in [3.05, 3.63) is 55.9 Å². The second-order valence-electron chi connectivity index (χ2n) is 5.30. The maximum atomic E-state index is 12.8. The molecule has 118 valence electrons. The molecule has 1 aliphatic rings. The van der Waals surface area contributed by atoms with E-state index in [1.54, 1.807) is 27.6 Å². The van der Waals surface area contributed by atoms with Crippen LogP contribution in [0.5, 0.6) is 0 Å². The molecule has 0 atom stereocenters. The number of Topliss-reactive ketones (excluding diaryl/α,β-unsaturated/α-hetero) is 1. The molecule has 0 radical (unpaired) electrons. The van der Waals surface area contributed by atoms with Crippen molar-refractivity contribution in [2.24, 2.45) is 0 Å². The van der Waals surface area contributed by atoms with Crippen molar-refractivity contribution < 1.29 is 9.59 Å². The Morgan fingerprint density at radius 3 is 2.00 bits per heavy atom. The Hall–Kier alpha value is -1.98. The van der Waals surface area contributed by atoms with Crippen LogP contribution >= 0.6 is 22.7 Å². The first-order valence-corrected chi connectivity index (χ1v) is 9.24. The van der Waals surface area contributed by atoms with Crippen LogP contribution in [-0.2, 0) is 9.59 Å². The van der Waals surface area contributed by atoms with Crippen molar-refractivity contribution in [2.45, 2.75) is 13.3 Å². The first kappa shape index (κ1) is 15.9. The van der Waals surface area contributed by atoms with Gasteiger partial charge < -0.3 is 4.90 Å². The van der Waals surface area contributed by atoms with E-state index in [-0.39, 0.29) is 11.7 Å². The molecule has 1 aliphatic heterocycles. The van der Waals surface area contributed by atoms with E-state index in [0.29, 0.717) is 30.7 Å². The SMILES string of the molecule is CCC(=O)N1C/C(=C\c2cccs2)C(=O)/C(=C/c2cccs2)C1. The van der Waals surface area contributed by atoms with Gasteiger partial charge in [-0.05, 0) is 35.0 Å². The monoisotopic (exact) mass is 343 g/mol. The van der Waals surface area contributed by atoms with Gasteiger partial charge in [0.05, 0.1) is 0 Å². The minimum absolute atomic E-state index is 0.0481. The van der Waals surface area contributed by atoms with Crippen LogP contribution in [0.1, 0.15) is 23.1 Å². The third-order valence-electron chi connectivity index (χ3n) is 3.68.